The molecule has 1 unspecified atom stereocenters. The molecule has 5 nitrogen and oxygen atoms in total. The maximum absolute atomic E-state index is 5.18. The summed E-state index contributed by atoms with van der Waals surface area (Å²) in [7, 11) is 1.92. The molecule has 0 aliphatic rings. The zero-order valence-electron chi connectivity index (χ0n) is 9.95. The van der Waals surface area contributed by atoms with Gasteiger partial charge in [0.05, 0.1) is 0 Å². The third kappa shape index (κ3) is 3.20. The van der Waals surface area contributed by atoms with Gasteiger partial charge in [0.1, 0.15) is 0 Å². The predicted molar refractivity (Wildman–Crippen MR) is 60.1 cm³/mol. The molecule has 0 bridgehead atoms. The molecule has 1 rings (SSSR count). The summed E-state index contributed by atoms with van der Waals surface area (Å²) in [4.78, 5) is 6.41. The Morgan fingerprint density at radius 1 is 1.40 bits per heavy atom. The Kier molecular flexibility index (Phi) is 4.55. The molecule has 1 heterocycles. The predicted octanol–water partition coefficient (Wildman–Crippen LogP) is 1.07. The smallest absolute Gasteiger partial charge is 0.266 e. The van der Waals surface area contributed by atoms with Crippen molar-refractivity contribution >= 4 is 5.95 Å². The monoisotopic (exact) mass is 212 g/mol. The summed E-state index contributed by atoms with van der Waals surface area (Å²) in [6, 6.07) is 0.356. The number of rotatable bonds is 6. The molecule has 1 aromatic heterocycles. The Morgan fingerprint density at radius 2 is 2.07 bits per heavy atom. The highest BCUT2D eigenvalue weighted by molar-refractivity contribution is 5.26. The normalized spacial score (nSPS) is 12.8. The van der Waals surface area contributed by atoms with E-state index < -0.39 is 0 Å². The molecule has 0 radical (unpaired) electrons. The maximum atomic E-state index is 5.18. The molecule has 0 saturated heterocycles. The van der Waals surface area contributed by atoms with E-state index in [2.05, 4.69) is 41.1 Å². The van der Waals surface area contributed by atoms with Crippen molar-refractivity contribution in [3.05, 3.63) is 5.89 Å². The first-order valence-corrected chi connectivity index (χ1v) is 5.46. The van der Waals surface area contributed by atoms with Crippen molar-refractivity contribution < 1.29 is 4.52 Å². The van der Waals surface area contributed by atoms with Crippen LogP contribution in [0.4, 0.5) is 5.95 Å². The number of likely N-dealkylation sites (N-methyl/N-ethyl adjacent to an activating group) is 1. The van der Waals surface area contributed by atoms with Gasteiger partial charge in [-0.05, 0) is 33.0 Å². The molecule has 86 valence electrons. The van der Waals surface area contributed by atoms with E-state index in [0.717, 1.165) is 19.5 Å². The van der Waals surface area contributed by atoms with Crippen molar-refractivity contribution in [2.75, 3.05) is 25.0 Å². The van der Waals surface area contributed by atoms with Crippen molar-refractivity contribution in [3.8, 4) is 0 Å². The lowest BCUT2D eigenvalue weighted by Crippen LogP contribution is -2.24. The van der Waals surface area contributed by atoms with Crippen LogP contribution in [0.1, 0.15) is 26.7 Å². The summed E-state index contributed by atoms with van der Waals surface area (Å²) in [5.41, 5.74) is 0. The number of nitrogens with zero attached hydrogens (tertiary/aromatic N) is 3. The van der Waals surface area contributed by atoms with E-state index in [-0.39, 0.29) is 0 Å². The molecule has 0 aliphatic carbocycles. The van der Waals surface area contributed by atoms with E-state index in [9.17, 15) is 0 Å². The van der Waals surface area contributed by atoms with Crippen LogP contribution in [-0.4, -0.2) is 36.3 Å². The average Bonchev–Trinajstić information content (AvgIpc) is 2.68. The zero-order chi connectivity index (χ0) is 11.3. The summed E-state index contributed by atoms with van der Waals surface area (Å²) >= 11 is 0. The summed E-state index contributed by atoms with van der Waals surface area (Å²) < 4.78 is 5.18. The van der Waals surface area contributed by atoms with Crippen LogP contribution in [0.15, 0.2) is 4.52 Å². The van der Waals surface area contributed by atoms with Gasteiger partial charge >= 0.3 is 0 Å². The molecule has 0 fully saturated rings. The second-order valence-electron chi connectivity index (χ2n) is 3.55. The molecule has 1 aromatic rings. The highest BCUT2D eigenvalue weighted by atomic mass is 16.5. The summed E-state index contributed by atoms with van der Waals surface area (Å²) in [5.74, 6) is 1.39. The second kappa shape index (κ2) is 5.70. The van der Waals surface area contributed by atoms with Gasteiger partial charge in [0.2, 0.25) is 5.89 Å². The largest absolute Gasteiger partial charge is 0.339 e. The summed E-state index contributed by atoms with van der Waals surface area (Å²) in [6.45, 7) is 8.04. The minimum absolute atomic E-state index is 0.356. The van der Waals surface area contributed by atoms with Crippen molar-refractivity contribution in [1.82, 2.24) is 15.5 Å². The lowest BCUT2D eigenvalue weighted by atomic mass is 10.2. The van der Waals surface area contributed by atoms with Crippen LogP contribution in [0, 0.1) is 0 Å². The van der Waals surface area contributed by atoms with E-state index in [1.807, 2.05) is 7.05 Å². The van der Waals surface area contributed by atoms with Gasteiger partial charge in [0.15, 0.2) is 0 Å². The van der Waals surface area contributed by atoms with E-state index in [1.54, 1.807) is 0 Å². The quantitative estimate of drug-likeness (QED) is 0.764. The van der Waals surface area contributed by atoms with E-state index in [1.165, 1.54) is 0 Å². The maximum Gasteiger partial charge on any atom is 0.266 e. The third-order valence-electron chi connectivity index (χ3n) is 2.48. The van der Waals surface area contributed by atoms with Crippen molar-refractivity contribution in [3.63, 3.8) is 0 Å². The molecule has 0 aromatic carbocycles. The second-order valence-corrected chi connectivity index (χ2v) is 3.55. The molecule has 0 spiro atoms. The Balaban J connectivity index is 2.63. The molecular weight excluding hydrogens is 192 g/mol. The van der Waals surface area contributed by atoms with Crippen LogP contribution in [0.5, 0.6) is 0 Å². The van der Waals surface area contributed by atoms with E-state index in [4.69, 9.17) is 4.52 Å². The van der Waals surface area contributed by atoms with Gasteiger partial charge in [-0.1, -0.05) is 0 Å². The van der Waals surface area contributed by atoms with Gasteiger partial charge in [-0.25, -0.2) is 0 Å². The lowest BCUT2D eigenvalue weighted by molar-refractivity contribution is 0.364. The molecule has 1 N–H and O–H groups in total. The van der Waals surface area contributed by atoms with Crippen molar-refractivity contribution in [2.45, 2.75) is 33.2 Å². The topological polar surface area (TPSA) is 54.2 Å². The molecule has 0 aliphatic heterocycles. The fraction of sp³-hybridized carbons (Fsp3) is 0.800. The fourth-order valence-corrected chi connectivity index (χ4v) is 1.33. The van der Waals surface area contributed by atoms with Crippen molar-refractivity contribution in [2.24, 2.45) is 0 Å². The van der Waals surface area contributed by atoms with Crippen LogP contribution in [0.3, 0.4) is 0 Å². The zero-order valence-corrected chi connectivity index (χ0v) is 9.95. The number of hydrogen-bond donors (Lipinski definition) is 1. The Bertz CT molecular complexity index is 283. The Hall–Kier alpha value is -1.10. The highest BCUT2D eigenvalue weighted by Gasteiger charge is 2.12. The molecule has 0 amide bonds. The van der Waals surface area contributed by atoms with Gasteiger partial charge in [-0.2, -0.15) is 4.98 Å². The minimum atomic E-state index is 0.356. The van der Waals surface area contributed by atoms with Crippen LogP contribution < -0.4 is 10.2 Å². The van der Waals surface area contributed by atoms with Crippen LogP contribution >= 0.6 is 0 Å². The highest BCUT2D eigenvalue weighted by Crippen LogP contribution is 2.09. The van der Waals surface area contributed by atoms with Crippen LogP contribution in [-0.2, 0) is 6.42 Å². The average molecular weight is 212 g/mol. The van der Waals surface area contributed by atoms with Crippen molar-refractivity contribution in [1.29, 1.82) is 0 Å². The summed E-state index contributed by atoms with van der Waals surface area (Å²) in [5, 5.41) is 7.10. The van der Waals surface area contributed by atoms with Crippen LogP contribution in [0.25, 0.3) is 0 Å². The Morgan fingerprint density at radius 3 is 2.60 bits per heavy atom. The lowest BCUT2D eigenvalue weighted by Gasteiger charge is -2.14. The minimum Gasteiger partial charge on any atom is -0.339 e. The molecule has 1 atom stereocenters. The van der Waals surface area contributed by atoms with E-state index in [0.29, 0.717) is 17.9 Å². The first kappa shape index (κ1) is 12.0. The standard InChI is InChI=1S/C10H20N4O/c1-5-14(6-2)10-12-9(15-13-10)7-8(3)11-4/h8,11H,5-7H2,1-4H3. The van der Waals surface area contributed by atoms with E-state index >= 15 is 0 Å². The first-order valence-electron chi connectivity index (χ1n) is 5.46. The number of anilines is 1. The fourth-order valence-electron chi connectivity index (χ4n) is 1.33. The first-order chi connectivity index (χ1) is 7.21. The summed E-state index contributed by atoms with van der Waals surface area (Å²) in [6.07, 6.45) is 0.769. The number of nitrogens with one attached hydrogen (secondary N) is 1. The SMILES string of the molecule is CCN(CC)c1noc(CC(C)NC)n1. The molecular formula is C10H20N4O. The van der Waals surface area contributed by atoms with Crippen LogP contribution in [0.2, 0.25) is 0 Å². The van der Waals surface area contributed by atoms with Gasteiger partial charge < -0.3 is 14.7 Å². The molecule has 0 saturated carbocycles. The van der Waals surface area contributed by atoms with Gasteiger partial charge in [-0.3, -0.25) is 0 Å². The molecule has 15 heavy (non-hydrogen) atoms. The van der Waals surface area contributed by atoms with Gasteiger partial charge in [-0.15, -0.1) is 0 Å². The number of aromatic nitrogens is 2. The van der Waals surface area contributed by atoms with Gasteiger partial charge in [0.25, 0.3) is 5.95 Å². The molecule has 5 heteroatoms. The Labute approximate surface area is 90.8 Å². The number of hydrogen-bond acceptors (Lipinski definition) is 5. The van der Waals surface area contributed by atoms with Gasteiger partial charge in [0, 0.05) is 25.6 Å². The third-order valence-corrected chi connectivity index (χ3v) is 2.48.